The molecule has 3 aromatic rings. The number of ketones is 1. The summed E-state index contributed by atoms with van der Waals surface area (Å²) in [6.07, 6.45) is 3.64. The molecule has 9 nitrogen and oxygen atoms in total. The predicted octanol–water partition coefficient (Wildman–Crippen LogP) is 5.04. The largest absolute Gasteiger partial charge is 0.382 e. The molecule has 0 aliphatic rings. The number of nitrogens with one attached hydrogen (secondary N) is 3. The highest BCUT2D eigenvalue weighted by Crippen LogP contribution is 2.26. The number of hydrogen-bond acceptors (Lipinski definition) is 4. The average Bonchev–Trinajstić information content (AvgIpc) is 3.13. The zero-order chi connectivity index (χ0) is 25.0. The van der Waals surface area contributed by atoms with Gasteiger partial charge in [0.15, 0.2) is 5.78 Å². The van der Waals surface area contributed by atoms with Crippen LogP contribution in [0.2, 0.25) is 10.0 Å². The topological polar surface area (TPSA) is 138 Å². The molecule has 2 aromatic heterocycles. The Hall–Kier alpha value is -3.69. The molecule has 0 unspecified atom stereocenters. The van der Waals surface area contributed by atoms with Crippen LogP contribution in [0.4, 0.5) is 16.2 Å². The van der Waals surface area contributed by atoms with Gasteiger partial charge in [0.1, 0.15) is 12.2 Å². The van der Waals surface area contributed by atoms with E-state index >= 15 is 0 Å². The molecule has 11 heteroatoms. The number of rotatable bonds is 7. The third kappa shape index (κ3) is 5.44. The van der Waals surface area contributed by atoms with E-state index in [1.54, 1.807) is 29.8 Å². The molecule has 2 heterocycles. The summed E-state index contributed by atoms with van der Waals surface area (Å²) in [6.45, 7) is 3.99. The van der Waals surface area contributed by atoms with Crippen molar-refractivity contribution in [2.45, 2.75) is 19.8 Å². The number of pyridine rings is 1. The van der Waals surface area contributed by atoms with E-state index in [2.05, 4.69) is 20.6 Å². The summed E-state index contributed by atoms with van der Waals surface area (Å²) < 4.78 is 1.79. The molecular weight excluding hydrogens is 477 g/mol. The molecule has 0 saturated heterocycles. The van der Waals surface area contributed by atoms with Crippen molar-refractivity contribution in [3.05, 3.63) is 75.3 Å². The van der Waals surface area contributed by atoms with Crippen LogP contribution >= 0.6 is 23.2 Å². The molecule has 34 heavy (non-hydrogen) atoms. The number of amides is 2. The number of nitrogens with two attached hydrogens (primary N) is 1. The summed E-state index contributed by atoms with van der Waals surface area (Å²) in [5.41, 5.74) is 8.58. The highest BCUT2D eigenvalue weighted by Gasteiger charge is 2.24. The first kappa shape index (κ1) is 24.9. The Morgan fingerprint density at radius 3 is 2.56 bits per heavy atom. The van der Waals surface area contributed by atoms with Gasteiger partial charge >= 0.3 is 6.03 Å². The fraction of sp³-hybridized carbons (Fsp3) is 0.174. The first-order valence-corrected chi connectivity index (χ1v) is 10.9. The lowest BCUT2D eigenvalue weighted by atomic mass is 10.0. The van der Waals surface area contributed by atoms with Gasteiger partial charge in [0.2, 0.25) is 0 Å². The molecule has 0 fully saturated rings. The van der Waals surface area contributed by atoms with Crippen molar-refractivity contribution in [3.8, 4) is 0 Å². The Morgan fingerprint density at radius 1 is 1.18 bits per heavy atom. The molecule has 0 saturated carbocycles. The van der Waals surface area contributed by atoms with Crippen LogP contribution in [0, 0.1) is 5.41 Å². The normalized spacial score (nSPS) is 11.4. The van der Waals surface area contributed by atoms with Crippen LogP contribution in [0.15, 0.2) is 47.7 Å². The number of aliphatic imine (C=N–C) groups is 1. The van der Waals surface area contributed by atoms with Gasteiger partial charge in [0.25, 0.3) is 0 Å². The number of aromatic nitrogens is 2. The summed E-state index contributed by atoms with van der Waals surface area (Å²) in [4.78, 5) is 33.7. The van der Waals surface area contributed by atoms with E-state index in [4.69, 9.17) is 34.3 Å². The van der Waals surface area contributed by atoms with E-state index in [0.717, 1.165) is 12.0 Å². The summed E-state index contributed by atoms with van der Waals surface area (Å²) in [5, 5.41) is 13.2. The zero-order valence-electron chi connectivity index (χ0n) is 18.7. The molecule has 0 spiro atoms. The van der Waals surface area contributed by atoms with Gasteiger partial charge in [-0.15, -0.1) is 0 Å². The van der Waals surface area contributed by atoms with Crippen LogP contribution in [-0.2, 0) is 7.05 Å². The minimum atomic E-state index is -0.569. The number of anilines is 2. The molecule has 5 N–H and O–H groups in total. The lowest BCUT2D eigenvalue weighted by Gasteiger charge is -2.11. The fourth-order valence-electron chi connectivity index (χ4n) is 3.45. The molecular formula is C23H23Cl2N7O2. The molecule has 176 valence electrons. The first-order valence-electron chi connectivity index (χ1n) is 10.2. The third-order valence-electron chi connectivity index (χ3n) is 4.99. The van der Waals surface area contributed by atoms with Crippen LogP contribution in [0.5, 0.6) is 0 Å². The molecule has 0 atom stereocenters. The first-order chi connectivity index (χ1) is 16.1. The van der Waals surface area contributed by atoms with Crippen LogP contribution in [0.1, 0.15) is 47.1 Å². The van der Waals surface area contributed by atoms with Crippen LogP contribution in [0.3, 0.4) is 0 Å². The van der Waals surface area contributed by atoms with Crippen LogP contribution in [0.25, 0.3) is 0 Å². The Morgan fingerprint density at radius 2 is 1.91 bits per heavy atom. The third-order valence-corrected chi connectivity index (χ3v) is 5.54. The van der Waals surface area contributed by atoms with Crippen molar-refractivity contribution in [2.75, 3.05) is 10.6 Å². The number of hydrogen-bond donors (Lipinski definition) is 4. The summed E-state index contributed by atoms with van der Waals surface area (Å²) in [7, 11) is 1.79. The second kappa shape index (κ2) is 10.5. The van der Waals surface area contributed by atoms with Gasteiger partial charge in [-0.05, 0) is 36.2 Å². The van der Waals surface area contributed by atoms with Gasteiger partial charge in [-0.2, -0.15) is 0 Å². The van der Waals surface area contributed by atoms with Crippen molar-refractivity contribution in [2.24, 2.45) is 17.8 Å². The maximum Gasteiger partial charge on any atom is 0.323 e. The van der Waals surface area contributed by atoms with Crippen molar-refractivity contribution in [3.63, 3.8) is 0 Å². The van der Waals surface area contributed by atoms with Crippen LogP contribution < -0.4 is 16.4 Å². The van der Waals surface area contributed by atoms with E-state index in [1.165, 1.54) is 24.5 Å². The average molecular weight is 500 g/mol. The number of halogens is 2. The highest BCUT2D eigenvalue weighted by molar-refractivity contribution is 6.36. The minimum Gasteiger partial charge on any atom is -0.382 e. The van der Waals surface area contributed by atoms with E-state index in [1.807, 2.05) is 13.8 Å². The molecule has 3 rings (SSSR count). The van der Waals surface area contributed by atoms with E-state index in [0.29, 0.717) is 27.7 Å². The number of carbonyl (C=O) groups is 2. The highest BCUT2D eigenvalue weighted by atomic mass is 35.5. The predicted molar refractivity (Wildman–Crippen MR) is 136 cm³/mol. The number of nitrogens with zero attached hydrogens (tertiary/aromatic N) is 3. The van der Waals surface area contributed by atoms with Crippen LogP contribution in [-0.4, -0.2) is 33.5 Å². The van der Waals surface area contributed by atoms with Gasteiger partial charge in [0.05, 0.1) is 33.9 Å². The molecule has 0 aliphatic heterocycles. The van der Waals surface area contributed by atoms with Gasteiger partial charge < -0.3 is 20.9 Å². The lowest BCUT2D eigenvalue weighted by molar-refractivity contribution is 0.103. The smallest absolute Gasteiger partial charge is 0.323 e. The van der Waals surface area contributed by atoms with Gasteiger partial charge in [0, 0.05) is 29.5 Å². The number of carbonyl (C=O) groups excluding carboxylic acids is 2. The Balaban J connectivity index is 1.89. The van der Waals surface area contributed by atoms with E-state index < -0.39 is 6.03 Å². The zero-order valence-corrected chi connectivity index (χ0v) is 20.2. The van der Waals surface area contributed by atoms with Crippen molar-refractivity contribution >= 4 is 58.6 Å². The minimum absolute atomic E-state index is 0.0502. The van der Waals surface area contributed by atoms with E-state index in [9.17, 15) is 9.59 Å². The van der Waals surface area contributed by atoms with Gasteiger partial charge in [-0.3, -0.25) is 15.2 Å². The quantitative estimate of drug-likeness (QED) is 0.205. The van der Waals surface area contributed by atoms with E-state index in [-0.39, 0.29) is 28.1 Å². The maximum atomic E-state index is 13.4. The Bertz CT molecular complexity index is 1300. The summed E-state index contributed by atoms with van der Waals surface area (Å²) in [6, 6.07) is 7.38. The molecule has 0 bridgehead atoms. The molecule has 1 aromatic carbocycles. The standard InChI is InChI=1S/C23H23Cl2N7O2/c1-12(2)19-8-16(20(32(19)3)22(27)29-11-26)21(33)13-6-15(10-28-9-13)30-23(34)31-18-5-4-14(24)7-17(18)25/h4-12H,1-3H3,(H3,26,27,29)(H2,30,31,34). The van der Waals surface area contributed by atoms with Crippen molar-refractivity contribution in [1.29, 1.82) is 5.41 Å². The lowest BCUT2D eigenvalue weighted by Crippen LogP contribution is -2.22. The summed E-state index contributed by atoms with van der Waals surface area (Å²) in [5.74, 6) is -0.181. The number of benzene rings is 1. The second-order valence-electron chi connectivity index (χ2n) is 7.68. The number of urea groups is 1. The molecule has 0 radical (unpaired) electrons. The van der Waals surface area contributed by atoms with Crippen molar-refractivity contribution < 1.29 is 9.59 Å². The summed E-state index contributed by atoms with van der Waals surface area (Å²) >= 11 is 12.0. The van der Waals surface area contributed by atoms with Gasteiger partial charge in [-0.1, -0.05) is 37.0 Å². The SMILES string of the molecule is CC(C)c1cc(C(=O)c2cncc(NC(=O)Nc3ccc(Cl)cc3Cl)c2)c(/C(N)=N\C=N)n1C. The van der Waals surface area contributed by atoms with Gasteiger partial charge in [-0.25, -0.2) is 9.79 Å². The molecule has 0 aliphatic carbocycles. The maximum absolute atomic E-state index is 13.4. The number of amidine groups is 1. The second-order valence-corrected chi connectivity index (χ2v) is 8.53. The monoisotopic (exact) mass is 499 g/mol. The van der Waals surface area contributed by atoms with Crippen molar-refractivity contribution in [1.82, 2.24) is 9.55 Å². The Labute approximate surface area is 206 Å². The fourth-order valence-corrected chi connectivity index (χ4v) is 3.91. The Kier molecular flexibility index (Phi) is 7.70. The molecule has 2 amide bonds.